The van der Waals surface area contributed by atoms with Crippen molar-refractivity contribution in [3.63, 3.8) is 0 Å². The van der Waals surface area contributed by atoms with E-state index in [0.29, 0.717) is 28.8 Å². The molecule has 0 bridgehead atoms. The molecule has 0 radical (unpaired) electrons. The molecule has 1 heterocycles. The summed E-state index contributed by atoms with van der Waals surface area (Å²) in [6, 6.07) is 13.5. The van der Waals surface area contributed by atoms with E-state index in [1.807, 2.05) is 18.2 Å². The van der Waals surface area contributed by atoms with Gasteiger partial charge in [-0.25, -0.2) is 4.98 Å². The van der Waals surface area contributed by atoms with Crippen LogP contribution >= 0.6 is 11.6 Å². The molecule has 2 N–H and O–H groups in total. The molecular weight excluding hydrogens is 372 g/mol. The lowest BCUT2D eigenvalue weighted by atomic mass is 9.95. The molecule has 142 valence electrons. The van der Waals surface area contributed by atoms with Gasteiger partial charge >= 0.3 is 0 Å². The van der Waals surface area contributed by atoms with Gasteiger partial charge in [0.05, 0.1) is 11.3 Å². The van der Waals surface area contributed by atoms with E-state index in [1.54, 1.807) is 12.1 Å². The molecule has 0 aliphatic heterocycles. The molecule has 0 amide bonds. The number of hydrogen-bond acceptors (Lipinski definition) is 5. The summed E-state index contributed by atoms with van der Waals surface area (Å²) >= 11 is 6.10. The molecule has 0 saturated carbocycles. The van der Waals surface area contributed by atoms with Gasteiger partial charge in [0.2, 0.25) is 5.95 Å². The van der Waals surface area contributed by atoms with Crippen LogP contribution in [0.25, 0.3) is 0 Å². The van der Waals surface area contributed by atoms with Gasteiger partial charge in [0, 0.05) is 22.8 Å². The standard InChI is InChI=1S/C22H21ClN4O/c1-13-9-10-17(11-14(13)2)25-22-26-18-7-4-8-19(28)20(18)21(27-22)24-16-6-3-5-15(23)12-16/h3,5-6,9-12H,4,7-8H2,1-2H3,(H2,24,25,26,27). The summed E-state index contributed by atoms with van der Waals surface area (Å²) in [6.07, 6.45) is 2.09. The molecule has 3 aromatic rings. The van der Waals surface area contributed by atoms with Gasteiger partial charge in [0.15, 0.2) is 5.78 Å². The van der Waals surface area contributed by atoms with Gasteiger partial charge in [0.25, 0.3) is 0 Å². The van der Waals surface area contributed by atoms with E-state index in [1.165, 1.54) is 11.1 Å². The van der Waals surface area contributed by atoms with Crippen LogP contribution in [0, 0.1) is 13.8 Å². The van der Waals surface area contributed by atoms with Crippen molar-refractivity contribution in [1.82, 2.24) is 9.97 Å². The molecule has 6 heteroatoms. The number of hydrogen-bond donors (Lipinski definition) is 2. The smallest absolute Gasteiger partial charge is 0.229 e. The Morgan fingerprint density at radius 3 is 2.54 bits per heavy atom. The molecule has 4 rings (SSSR count). The predicted molar refractivity (Wildman–Crippen MR) is 113 cm³/mol. The van der Waals surface area contributed by atoms with Crippen molar-refractivity contribution in [3.05, 3.63) is 69.9 Å². The van der Waals surface area contributed by atoms with E-state index >= 15 is 0 Å². The van der Waals surface area contributed by atoms with Gasteiger partial charge in [-0.1, -0.05) is 23.7 Å². The van der Waals surface area contributed by atoms with Crippen LogP contribution in [0.2, 0.25) is 5.02 Å². The predicted octanol–water partition coefficient (Wildman–Crippen LogP) is 5.75. The Bertz CT molecular complexity index is 1060. The van der Waals surface area contributed by atoms with Crippen molar-refractivity contribution in [3.8, 4) is 0 Å². The second-order valence-electron chi connectivity index (χ2n) is 7.05. The van der Waals surface area contributed by atoms with Gasteiger partial charge in [-0.15, -0.1) is 0 Å². The van der Waals surface area contributed by atoms with Crippen LogP contribution in [0.1, 0.15) is 40.0 Å². The minimum atomic E-state index is 0.0727. The molecule has 28 heavy (non-hydrogen) atoms. The number of aryl methyl sites for hydroxylation is 3. The van der Waals surface area contributed by atoms with Gasteiger partial charge in [0.1, 0.15) is 5.82 Å². The SMILES string of the molecule is Cc1ccc(Nc2nc3c(c(Nc4cccc(Cl)c4)n2)C(=O)CCC3)cc1C. The van der Waals surface area contributed by atoms with E-state index in [0.717, 1.165) is 29.9 Å². The number of ketones is 1. The average Bonchev–Trinajstić information content (AvgIpc) is 2.65. The van der Waals surface area contributed by atoms with Crippen LogP contribution in [0.4, 0.5) is 23.1 Å². The van der Waals surface area contributed by atoms with Crippen LogP contribution in [-0.2, 0) is 6.42 Å². The first-order valence-electron chi connectivity index (χ1n) is 9.30. The minimum absolute atomic E-state index is 0.0727. The summed E-state index contributed by atoms with van der Waals surface area (Å²) in [6.45, 7) is 4.15. The fourth-order valence-electron chi connectivity index (χ4n) is 3.32. The first kappa shape index (κ1) is 18.4. The zero-order chi connectivity index (χ0) is 19.7. The van der Waals surface area contributed by atoms with Crippen molar-refractivity contribution < 1.29 is 4.79 Å². The molecular formula is C22H21ClN4O. The molecule has 0 fully saturated rings. The summed E-state index contributed by atoms with van der Waals surface area (Å²) in [4.78, 5) is 21.8. The highest BCUT2D eigenvalue weighted by atomic mass is 35.5. The fourth-order valence-corrected chi connectivity index (χ4v) is 3.51. The Balaban J connectivity index is 1.73. The molecule has 1 aromatic heterocycles. The maximum absolute atomic E-state index is 12.5. The number of aromatic nitrogens is 2. The highest BCUT2D eigenvalue weighted by Crippen LogP contribution is 2.30. The second-order valence-corrected chi connectivity index (χ2v) is 7.49. The highest BCUT2D eigenvalue weighted by molar-refractivity contribution is 6.30. The maximum Gasteiger partial charge on any atom is 0.229 e. The summed E-state index contributed by atoms with van der Waals surface area (Å²) in [5, 5.41) is 7.15. The Kier molecular flexibility index (Phi) is 5.01. The number of nitrogens with one attached hydrogen (secondary N) is 2. The third-order valence-electron chi connectivity index (χ3n) is 4.93. The number of carbonyl (C=O) groups excluding carboxylic acids is 1. The van der Waals surface area contributed by atoms with Crippen LogP contribution < -0.4 is 10.6 Å². The molecule has 0 spiro atoms. The third-order valence-corrected chi connectivity index (χ3v) is 5.17. The Morgan fingerprint density at radius 2 is 1.75 bits per heavy atom. The lowest BCUT2D eigenvalue weighted by molar-refractivity contribution is 0.0972. The summed E-state index contributed by atoms with van der Waals surface area (Å²) in [7, 11) is 0. The van der Waals surface area contributed by atoms with Crippen molar-refractivity contribution in [2.75, 3.05) is 10.6 Å². The van der Waals surface area contributed by atoms with Crippen LogP contribution in [0.5, 0.6) is 0 Å². The van der Waals surface area contributed by atoms with Crippen molar-refractivity contribution >= 4 is 40.5 Å². The Labute approximate surface area is 169 Å². The third kappa shape index (κ3) is 3.85. The van der Waals surface area contributed by atoms with Gasteiger partial charge in [-0.2, -0.15) is 4.98 Å². The number of halogens is 1. The Hall–Kier alpha value is -2.92. The zero-order valence-corrected chi connectivity index (χ0v) is 16.6. The summed E-state index contributed by atoms with van der Waals surface area (Å²) < 4.78 is 0. The molecule has 0 atom stereocenters. The summed E-state index contributed by atoms with van der Waals surface area (Å²) in [5.74, 6) is 1.06. The number of rotatable bonds is 4. The lowest BCUT2D eigenvalue weighted by Gasteiger charge is -2.19. The molecule has 0 saturated heterocycles. The molecule has 0 unspecified atom stereocenters. The van der Waals surface area contributed by atoms with E-state index < -0.39 is 0 Å². The van der Waals surface area contributed by atoms with Crippen LogP contribution in [0.15, 0.2) is 42.5 Å². The van der Waals surface area contributed by atoms with E-state index in [9.17, 15) is 4.79 Å². The maximum atomic E-state index is 12.5. The summed E-state index contributed by atoms with van der Waals surface area (Å²) in [5.41, 5.74) is 5.48. The van der Waals surface area contributed by atoms with Crippen molar-refractivity contribution in [1.29, 1.82) is 0 Å². The number of nitrogens with zero attached hydrogens (tertiary/aromatic N) is 2. The Morgan fingerprint density at radius 1 is 0.929 bits per heavy atom. The zero-order valence-electron chi connectivity index (χ0n) is 15.8. The average molecular weight is 393 g/mol. The topological polar surface area (TPSA) is 66.9 Å². The van der Waals surface area contributed by atoms with Gasteiger partial charge < -0.3 is 10.6 Å². The normalized spacial score (nSPS) is 13.2. The monoisotopic (exact) mass is 392 g/mol. The molecule has 5 nitrogen and oxygen atoms in total. The fraction of sp³-hybridized carbons (Fsp3) is 0.227. The first-order chi connectivity index (χ1) is 13.5. The minimum Gasteiger partial charge on any atom is -0.339 e. The number of anilines is 4. The number of fused-ring (bicyclic) bond motifs is 1. The van der Waals surface area contributed by atoms with E-state index in [4.69, 9.17) is 11.6 Å². The van der Waals surface area contributed by atoms with E-state index in [2.05, 4.69) is 46.6 Å². The quantitative estimate of drug-likeness (QED) is 0.591. The number of Topliss-reactive ketones (excluding diaryl/α,β-unsaturated/α-hetero) is 1. The van der Waals surface area contributed by atoms with Crippen LogP contribution in [-0.4, -0.2) is 15.8 Å². The molecule has 2 aromatic carbocycles. The molecule has 1 aliphatic rings. The van der Waals surface area contributed by atoms with Crippen LogP contribution in [0.3, 0.4) is 0 Å². The largest absolute Gasteiger partial charge is 0.339 e. The lowest BCUT2D eigenvalue weighted by Crippen LogP contribution is -2.17. The first-order valence-corrected chi connectivity index (χ1v) is 9.68. The highest BCUT2D eigenvalue weighted by Gasteiger charge is 2.24. The number of benzene rings is 2. The van der Waals surface area contributed by atoms with Crippen molar-refractivity contribution in [2.45, 2.75) is 33.1 Å². The second kappa shape index (κ2) is 7.60. The van der Waals surface area contributed by atoms with Crippen molar-refractivity contribution in [2.24, 2.45) is 0 Å². The van der Waals surface area contributed by atoms with Gasteiger partial charge in [-0.3, -0.25) is 4.79 Å². The van der Waals surface area contributed by atoms with E-state index in [-0.39, 0.29) is 5.78 Å². The van der Waals surface area contributed by atoms with Gasteiger partial charge in [-0.05, 0) is 68.1 Å². The molecule has 1 aliphatic carbocycles. The number of carbonyl (C=O) groups is 1.